The van der Waals surface area contributed by atoms with Crippen LogP contribution in [0.3, 0.4) is 0 Å². The summed E-state index contributed by atoms with van der Waals surface area (Å²) in [5, 5.41) is 11.9. The third kappa shape index (κ3) is 3.52. The maximum Gasteiger partial charge on any atom is 0.266 e. The number of nitrogens with zero attached hydrogens (tertiary/aromatic N) is 1. The van der Waals surface area contributed by atoms with Gasteiger partial charge >= 0.3 is 0 Å². The number of hydrogen-bond donors (Lipinski definition) is 1. The van der Waals surface area contributed by atoms with Crippen molar-refractivity contribution in [2.45, 2.75) is 0 Å². The van der Waals surface area contributed by atoms with Crippen LogP contribution in [0.25, 0.3) is 6.08 Å². The van der Waals surface area contributed by atoms with Gasteiger partial charge in [0.05, 0.1) is 0 Å². The summed E-state index contributed by atoms with van der Waals surface area (Å²) in [4.78, 5) is 12.2. The maximum atomic E-state index is 12.2. The van der Waals surface area contributed by atoms with E-state index in [2.05, 4.69) is 21.2 Å². The van der Waals surface area contributed by atoms with E-state index < -0.39 is 5.91 Å². The van der Waals surface area contributed by atoms with E-state index in [1.807, 2.05) is 18.2 Å². The van der Waals surface area contributed by atoms with E-state index >= 15 is 0 Å². The van der Waals surface area contributed by atoms with Crippen LogP contribution in [0, 0.1) is 11.3 Å². The molecule has 3 rings (SSSR count). The lowest BCUT2D eigenvalue weighted by molar-refractivity contribution is -0.112. The highest BCUT2D eigenvalue weighted by Crippen LogP contribution is 2.33. The number of rotatable bonds is 3. The Morgan fingerprint density at radius 1 is 1.17 bits per heavy atom. The molecule has 1 aliphatic rings. The highest BCUT2D eigenvalue weighted by molar-refractivity contribution is 9.10. The number of benzene rings is 2. The zero-order valence-electron chi connectivity index (χ0n) is 11.9. The molecule has 5 nitrogen and oxygen atoms in total. The number of nitriles is 1. The van der Waals surface area contributed by atoms with E-state index in [0.29, 0.717) is 22.7 Å². The summed E-state index contributed by atoms with van der Waals surface area (Å²) in [6.45, 7) is 0.178. The number of carbonyl (C=O) groups is 1. The summed E-state index contributed by atoms with van der Waals surface area (Å²) in [7, 11) is 0. The third-order valence-electron chi connectivity index (χ3n) is 3.17. The molecule has 0 aromatic heterocycles. The lowest BCUT2D eigenvalue weighted by atomic mass is 10.1. The highest BCUT2D eigenvalue weighted by atomic mass is 79.9. The molecule has 2 aromatic rings. The molecule has 0 unspecified atom stereocenters. The second kappa shape index (κ2) is 6.55. The monoisotopic (exact) mass is 370 g/mol. The van der Waals surface area contributed by atoms with Crippen molar-refractivity contribution in [3.8, 4) is 17.6 Å². The third-order valence-corrected chi connectivity index (χ3v) is 3.70. The van der Waals surface area contributed by atoms with Gasteiger partial charge in [0, 0.05) is 10.2 Å². The maximum absolute atomic E-state index is 12.2. The smallest absolute Gasteiger partial charge is 0.266 e. The topological polar surface area (TPSA) is 71.3 Å². The van der Waals surface area contributed by atoms with Gasteiger partial charge in [-0.25, -0.2) is 0 Å². The van der Waals surface area contributed by atoms with Gasteiger partial charge in [0.25, 0.3) is 5.91 Å². The first-order valence-corrected chi connectivity index (χ1v) is 7.53. The van der Waals surface area contributed by atoms with Gasteiger partial charge in [0.15, 0.2) is 11.5 Å². The number of hydrogen-bond acceptors (Lipinski definition) is 4. The van der Waals surface area contributed by atoms with Crippen LogP contribution in [0.5, 0.6) is 11.5 Å². The van der Waals surface area contributed by atoms with Crippen molar-refractivity contribution in [2.24, 2.45) is 0 Å². The highest BCUT2D eigenvalue weighted by Gasteiger charge is 2.14. The molecule has 0 radical (unpaired) electrons. The molecule has 0 spiro atoms. The fourth-order valence-corrected chi connectivity index (χ4v) is 2.31. The van der Waals surface area contributed by atoms with E-state index in [-0.39, 0.29) is 12.4 Å². The molecule has 0 aliphatic carbocycles. The van der Waals surface area contributed by atoms with E-state index in [1.54, 1.807) is 30.3 Å². The van der Waals surface area contributed by atoms with E-state index in [4.69, 9.17) is 9.47 Å². The molecule has 1 amide bonds. The van der Waals surface area contributed by atoms with Crippen molar-refractivity contribution in [1.29, 1.82) is 5.26 Å². The standard InChI is InChI=1S/C17H11BrN2O3/c18-13-2-4-14(5-3-13)20-17(21)12(9-19)7-11-1-6-15-16(8-11)23-10-22-15/h1-8H,10H2,(H,20,21). The first-order valence-electron chi connectivity index (χ1n) is 6.74. The van der Waals surface area contributed by atoms with E-state index in [0.717, 1.165) is 4.47 Å². The summed E-state index contributed by atoms with van der Waals surface area (Å²) in [5.41, 5.74) is 1.31. The molecule has 0 bridgehead atoms. The van der Waals surface area contributed by atoms with Crippen molar-refractivity contribution in [1.82, 2.24) is 0 Å². The van der Waals surface area contributed by atoms with E-state index in [9.17, 15) is 10.1 Å². The summed E-state index contributed by atoms with van der Waals surface area (Å²) >= 11 is 3.32. The summed E-state index contributed by atoms with van der Waals surface area (Å²) in [6.07, 6.45) is 1.51. The number of fused-ring (bicyclic) bond motifs is 1. The largest absolute Gasteiger partial charge is 0.454 e. The number of ether oxygens (including phenoxy) is 2. The second-order valence-electron chi connectivity index (χ2n) is 4.74. The molecule has 2 aromatic carbocycles. The first-order chi connectivity index (χ1) is 11.2. The lowest BCUT2D eigenvalue weighted by Crippen LogP contribution is -2.13. The number of anilines is 1. The molecule has 1 heterocycles. The van der Waals surface area contributed by atoms with Crippen LogP contribution in [0.1, 0.15) is 5.56 Å². The summed E-state index contributed by atoms with van der Waals surface area (Å²) in [6, 6.07) is 14.3. The lowest BCUT2D eigenvalue weighted by Gasteiger charge is -2.04. The molecule has 6 heteroatoms. The van der Waals surface area contributed by atoms with Gasteiger partial charge in [-0.1, -0.05) is 22.0 Å². The predicted molar refractivity (Wildman–Crippen MR) is 88.9 cm³/mol. The fraction of sp³-hybridized carbons (Fsp3) is 0.0588. The minimum Gasteiger partial charge on any atom is -0.454 e. The molecular weight excluding hydrogens is 360 g/mol. The van der Waals surface area contributed by atoms with Gasteiger partial charge in [-0.3, -0.25) is 4.79 Å². The fourth-order valence-electron chi connectivity index (χ4n) is 2.05. The average molecular weight is 371 g/mol. The molecular formula is C17H11BrN2O3. The Balaban J connectivity index is 1.80. The Hall–Kier alpha value is -2.78. The molecule has 23 heavy (non-hydrogen) atoms. The van der Waals surface area contributed by atoms with Crippen molar-refractivity contribution >= 4 is 33.6 Å². The van der Waals surface area contributed by atoms with Crippen LogP contribution in [-0.4, -0.2) is 12.7 Å². The Labute approximate surface area is 141 Å². The quantitative estimate of drug-likeness (QED) is 0.659. The van der Waals surface area contributed by atoms with E-state index in [1.165, 1.54) is 6.08 Å². The van der Waals surface area contributed by atoms with Crippen LogP contribution in [-0.2, 0) is 4.79 Å². The van der Waals surface area contributed by atoms with Crippen LogP contribution >= 0.6 is 15.9 Å². The minimum atomic E-state index is -0.465. The number of halogens is 1. The minimum absolute atomic E-state index is 0.00628. The molecule has 1 aliphatic heterocycles. The predicted octanol–water partition coefficient (Wildman–Crippen LogP) is 3.72. The van der Waals surface area contributed by atoms with Crippen molar-refractivity contribution in [3.63, 3.8) is 0 Å². The van der Waals surface area contributed by atoms with Crippen molar-refractivity contribution in [3.05, 3.63) is 58.1 Å². The summed E-state index contributed by atoms with van der Waals surface area (Å²) < 4.78 is 11.4. The Morgan fingerprint density at radius 2 is 1.91 bits per heavy atom. The molecule has 114 valence electrons. The van der Waals surface area contributed by atoms with Crippen LogP contribution < -0.4 is 14.8 Å². The zero-order chi connectivity index (χ0) is 16.2. The molecule has 1 N–H and O–H groups in total. The zero-order valence-corrected chi connectivity index (χ0v) is 13.5. The average Bonchev–Trinajstić information content (AvgIpc) is 3.02. The van der Waals surface area contributed by atoms with Gasteiger partial charge < -0.3 is 14.8 Å². The number of carbonyl (C=O) groups excluding carboxylic acids is 1. The van der Waals surface area contributed by atoms with Gasteiger partial charge in [0.2, 0.25) is 6.79 Å². The van der Waals surface area contributed by atoms with Gasteiger partial charge in [-0.2, -0.15) is 5.26 Å². The second-order valence-corrected chi connectivity index (χ2v) is 5.66. The summed E-state index contributed by atoms with van der Waals surface area (Å²) in [5.74, 6) is 0.789. The van der Waals surface area contributed by atoms with Crippen LogP contribution in [0.2, 0.25) is 0 Å². The Morgan fingerprint density at radius 3 is 2.65 bits per heavy atom. The molecule has 0 fully saturated rings. The number of amides is 1. The SMILES string of the molecule is N#CC(=Cc1ccc2c(c1)OCO2)C(=O)Nc1ccc(Br)cc1. The Bertz CT molecular complexity index is 823. The normalized spacial score (nSPS) is 12.6. The van der Waals surface area contributed by atoms with Gasteiger partial charge in [0.1, 0.15) is 11.6 Å². The molecule has 0 saturated carbocycles. The molecule has 0 atom stereocenters. The Kier molecular flexibility index (Phi) is 4.31. The molecule has 0 saturated heterocycles. The van der Waals surface area contributed by atoms with Crippen LogP contribution in [0.4, 0.5) is 5.69 Å². The first kappa shape index (κ1) is 15.1. The van der Waals surface area contributed by atoms with Crippen molar-refractivity contribution < 1.29 is 14.3 Å². The number of nitrogens with one attached hydrogen (secondary N) is 1. The van der Waals surface area contributed by atoms with Gasteiger partial charge in [-0.05, 0) is 48.0 Å². The van der Waals surface area contributed by atoms with Crippen molar-refractivity contribution in [2.75, 3.05) is 12.1 Å². The van der Waals surface area contributed by atoms with Gasteiger partial charge in [-0.15, -0.1) is 0 Å². The van der Waals surface area contributed by atoms with Crippen LogP contribution in [0.15, 0.2) is 52.5 Å².